The summed E-state index contributed by atoms with van der Waals surface area (Å²) in [4.78, 5) is 13.9. The molecule has 1 fully saturated rings. The second kappa shape index (κ2) is 5.71. The molecule has 6 heteroatoms. The molecule has 0 spiro atoms. The molecule has 1 saturated heterocycles. The van der Waals surface area contributed by atoms with Crippen molar-refractivity contribution in [2.24, 2.45) is 5.92 Å². The minimum atomic E-state index is -1.86. The Morgan fingerprint density at radius 2 is 2.00 bits per heavy atom. The van der Waals surface area contributed by atoms with Gasteiger partial charge in [-0.1, -0.05) is 13.0 Å². The molecule has 0 unspecified atom stereocenters. The molecule has 1 aromatic rings. The molecule has 1 aliphatic rings. The summed E-state index contributed by atoms with van der Waals surface area (Å²) in [5, 5.41) is 17.9. The molecule has 2 N–H and O–H groups in total. The van der Waals surface area contributed by atoms with Gasteiger partial charge in [0.1, 0.15) is 5.82 Å². The maximum Gasteiger partial charge on any atom is 0.491 e. The average Bonchev–Trinajstić information content (AvgIpc) is 2.38. The van der Waals surface area contributed by atoms with Gasteiger partial charge in [0.2, 0.25) is 0 Å². The van der Waals surface area contributed by atoms with Gasteiger partial charge < -0.3 is 14.9 Å². The molecular weight excluding hydrogens is 248 g/mol. The number of hydrogen-bond donors (Lipinski definition) is 2. The summed E-state index contributed by atoms with van der Waals surface area (Å²) in [6, 6.07) is 3.73. The van der Waals surface area contributed by atoms with Crippen molar-refractivity contribution in [3.63, 3.8) is 0 Å². The highest BCUT2D eigenvalue weighted by molar-refractivity contribution is 6.58. The summed E-state index contributed by atoms with van der Waals surface area (Å²) in [7, 11) is -1.86. The molecule has 0 aliphatic carbocycles. The van der Waals surface area contributed by atoms with Crippen LogP contribution in [-0.2, 0) is 0 Å². The van der Waals surface area contributed by atoms with Crippen molar-refractivity contribution in [2.45, 2.75) is 19.8 Å². The topological polar surface area (TPSA) is 60.8 Å². The number of amides is 1. The highest BCUT2D eigenvalue weighted by atomic mass is 19.1. The SMILES string of the molecule is CC1CCN(C(=O)c2ccc(B(O)O)c(F)c2)CC1. The zero-order valence-electron chi connectivity index (χ0n) is 10.8. The Bertz CT molecular complexity index is 473. The fourth-order valence-electron chi connectivity index (χ4n) is 2.26. The van der Waals surface area contributed by atoms with Crippen molar-refractivity contribution in [1.29, 1.82) is 0 Å². The summed E-state index contributed by atoms with van der Waals surface area (Å²) < 4.78 is 13.6. The summed E-state index contributed by atoms with van der Waals surface area (Å²) in [5.41, 5.74) is 0.0280. The third-order valence-corrected chi connectivity index (χ3v) is 3.60. The third-order valence-electron chi connectivity index (χ3n) is 3.60. The number of rotatable bonds is 2. The van der Waals surface area contributed by atoms with E-state index in [2.05, 4.69) is 6.92 Å². The van der Waals surface area contributed by atoms with Gasteiger partial charge >= 0.3 is 7.12 Å². The molecule has 0 atom stereocenters. The number of carbonyl (C=O) groups excluding carboxylic acids is 1. The predicted molar refractivity (Wildman–Crippen MR) is 70.5 cm³/mol. The number of carbonyl (C=O) groups is 1. The van der Waals surface area contributed by atoms with Crippen LogP contribution in [-0.4, -0.2) is 41.1 Å². The lowest BCUT2D eigenvalue weighted by atomic mass is 9.79. The molecule has 0 saturated carbocycles. The molecule has 4 nitrogen and oxygen atoms in total. The Balaban J connectivity index is 2.13. The lowest BCUT2D eigenvalue weighted by molar-refractivity contribution is 0.0696. The summed E-state index contributed by atoms with van der Waals surface area (Å²) in [6.45, 7) is 3.52. The van der Waals surface area contributed by atoms with E-state index < -0.39 is 12.9 Å². The molecule has 0 bridgehead atoms. The van der Waals surface area contributed by atoms with Crippen molar-refractivity contribution in [2.75, 3.05) is 13.1 Å². The fraction of sp³-hybridized carbons (Fsp3) is 0.462. The monoisotopic (exact) mass is 265 g/mol. The Labute approximate surface area is 112 Å². The van der Waals surface area contributed by atoms with E-state index in [4.69, 9.17) is 10.0 Å². The van der Waals surface area contributed by atoms with Gasteiger partial charge in [0.15, 0.2) is 0 Å². The molecule has 19 heavy (non-hydrogen) atoms. The first-order valence-corrected chi connectivity index (χ1v) is 6.44. The van der Waals surface area contributed by atoms with Crippen LogP contribution in [0.25, 0.3) is 0 Å². The van der Waals surface area contributed by atoms with Gasteiger partial charge in [0.05, 0.1) is 0 Å². The first kappa shape index (κ1) is 14.0. The second-order valence-corrected chi connectivity index (χ2v) is 5.08. The standard InChI is InChI=1S/C13H17BFNO3/c1-9-4-6-16(7-5-9)13(17)10-2-3-11(14(18)19)12(15)8-10/h2-3,8-9,18-19H,4-7H2,1H3. The average molecular weight is 265 g/mol. The van der Waals surface area contributed by atoms with Crippen LogP contribution in [0.4, 0.5) is 4.39 Å². The maximum absolute atomic E-state index is 13.6. The summed E-state index contributed by atoms with van der Waals surface area (Å²) in [5.74, 6) is -0.358. The summed E-state index contributed by atoms with van der Waals surface area (Å²) in [6.07, 6.45) is 1.92. The number of benzene rings is 1. The first-order chi connectivity index (χ1) is 8.99. The minimum absolute atomic E-state index is 0.204. The highest BCUT2D eigenvalue weighted by Gasteiger charge is 2.23. The van der Waals surface area contributed by atoms with E-state index in [-0.39, 0.29) is 16.9 Å². The van der Waals surface area contributed by atoms with E-state index in [0.29, 0.717) is 19.0 Å². The van der Waals surface area contributed by atoms with Crippen LogP contribution < -0.4 is 5.46 Å². The zero-order valence-corrected chi connectivity index (χ0v) is 10.8. The molecule has 0 aromatic heterocycles. The van der Waals surface area contributed by atoms with Crippen LogP contribution in [0.15, 0.2) is 18.2 Å². The second-order valence-electron chi connectivity index (χ2n) is 5.08. The molecule has 1 heterocycles. The quantitative estimate of drug-likeness (QED) is 0.760. The molecule has 1 aromatic carbocycles. The van der Waals surface area contributed by atoms with E-state index in [9.17, 15) is 9.18 Å². The molecule has 2 rings (SSSR count). The Kier molecular flexibility index (Phi) is 4.22. The maximum atomic E-state index is 13.6. The van der Waals surface area contributed by atoms with Gasteiger partial charge in [-0.25, -0.2) is 4.39 Å². The lowest BCUT2D eigenvalue weighted by Crippen LogP contribution is -2.38. The zero-order chi connectivity index (χ0) is 14.0. The van der Waals surface area contributed by atoms with Crippen molar-refractivity contribution < 1.29 is 19.2 Å². The van der Waals surface area contributed by atoms with Crippen LogP contribution in [0.2, 0.25) is 0 Å². The molecule has 0 radical (unpaired) electrons. The molecular formula is C13H17BFNO3. The van der Waals surface area contributed by atoms with Crippen LogP contribution in [0.1, 0.15) is 30.1 Å². The van der Waals surface area contributed by atoms with E-state index in [1.54, 1.807) is 4.90 Å². The van der Waals surface area contributed by atoms with Gasteiger partial charge in [-0.05, 0) is 30.9 Å². The minimum Gasteiger partial charge on any atom is -0.423 e. The third kappa shape index (κ3) is 3.14. The van der Waals surface area contributed by atoms with Gasteiger partial charge in [0, 0.05) is 24.1 Å². The number of likely N-dealkylation sites (tertiary alicyclic amines) is 1. The number of piperidine rings is 1. The van der Waals surface area contributed by atoms with Gasteiger partial charge in [-0.15, -0.1) is 0 Å². The normalized spacial score (nSPS) is 16.5. The van der Waals surface area contributed by atoms with Crippen molar-refractivity contribution in [3.8, 4) is 0 Å². The number of halogens is 1. The van der Waals surface area contributed by atoms with Crippen LogP contribution in [0.3, 0.4) is 0 Å². The van der Waals surface area contributed by atoms with Gasteiger partial charge in [-0.3, -0.25) is 4.79 Å². The van der Waals surface area contributed by atoms with Crippen LogP contribution in [0.5, 0.6) is 0 Å². The number of hydrogen-bond acceptors (Lipinski definition) is 3. The van der Waals surface area contributed by atoms with E-state index in [0.717, 1.165) is 18.9 Å². The van der Waals surface area contributed by atoms with E-state index in [1.807, 2.05) is 0 Å². The Hall–Kier alpha value is -1.40. The molecule has 1 amide bonds. The highest BCUT2D eigenvalue weighted by Crippen LogP contribution is 2.18. The van der Waals surface area contributed by atoms with E-state index >= 15 is 0 Å². The smallest absolute Gasteiger partial charge is 0.423 e. The lowest BCUT2D eigenvalue weighted by Gasteiger charge is -2.30. The fourth-order valence-corrected chi connectivity index (χ4v) is 2.26. The van der Waals surface area contributed by atoms with Crippen LogP contribution >= 0.6 is 0 Å². The van der Waals surface area contributed by atoms with Crippen molar-refractivity contribution >= 4 is 18.5 Å². The molecule has 1 aliphatic heterocycles. The molecule has 102 valence electrons. The van der Waals surface area contributed by atoms with E-state index in [1.165, 1.54) is 12.1 Å². The summed E-state index contributed by atoms with van der Waals surface area (Å²) >= 11 is 0. The number of nitrogens with zero attached hydrogens (tertiary/aromatic N) is 1. The largest absolute Gasteiger partial charge is 0.491 e. The first-order valence-electron chi connectivity index (χ1n) is 6.44. The van der Waals surface area contributed by atoms with Crippen LogP contribution in [0, 0.1) is 11.7 Å². The van der Waals surface area contributed by atoms with Gasteiger partial charge in [0.25, 0.3) is 5.91 Å². The predicted octanol–water partition coefficient (Wildman–Crippen LogP) is 0.378. The Morgan fingerprint density at radius 1 is 1.37 bits per heavy atom. The van der Waals surface area contributed by atoms with Gasteiger partial charge in [-0.2, -0.15) is 0 Å². The van der Waals surface area contributed by atoms with Crippen molar-refractivity contribution in [3.05, 3.63) is 29.6 Å². The Morgan fingerprint density at radius 3 is 2.53 bits per heavy atom. The van der Waals surface area contributed by atoms with Crippen molar-refractivity contribution in [1.82, 2.24) is 4.90 Å².